The molecule has 142 valence electrons. The molecule has 3 aromatic rings. The largest absolute Gasteiger partial charge is 0.382 e. The van der Waals surface area contributed by atoms with Crippen molar-refractivity contribution in [1.82, 2.24) is 4.98 Å². The van der Waals surface area contributed by atoms with Gasteiger partial charge in [0.1, 0.15) is 16.5 Å². The molecule has 2 heterocycles. The van der Waals surface area contributed by atoms with Gasteiger partial charge in [-0.3, -0.25) is 0 Å². The Balaban J connectivity index is 1.37. The predicted molar refractivity (Wildman–Crippen MR) is 108 cm³/mol. The van der Waals surface area contributed by atoms with Crippen LogP contribution in [-0.4, -0.2) is 38.8 Å². The molecule has 2 atom stereocenters. The number of hydrogen-bond acceptors (Lipinski definition) is 5. The number of nitrogens with one attached hydrogen (secondary N) is 1. The molecule has 1 aliphatic rings. The van der Waals surface area contributed by atoms with E-state index in [2.05, 4.69) is 12.1 Å². The number of piperidine rings is 1. The van der Waals surface area contributed by atoms with Gasteiger partial charge in [0, 0.05) is 0 Å². The number of aromatic nitrogens is 1. The molecular weight excluding hydrogens is 380 g/mol. The summed E-state index contributed by atoms with van der Waals surface area (Å²) in [6.45, 7) is 2.50. The minimum atomic E-state index is -3.57. The Morgan fingerprint density at radius 2 is 1.89 bits per heavy atom. The molecule has 1 aromatic heterocycles. The van der Waals surface area contributed by atoms with E-state index in [-0.39, 0.29) is 5.75 Å². The number of benzene rings is 2. The summed E-state index contributed by atoms with van der Waals surface area (Å²) in [6, 6.07) is 16.9. The molecule has 0 saturated carbocycles. The number of rotatable bonds is 6. The van der Waals surface area contributed by atoms with Crippen LogP contribution in [0.1, 0.15) is 23.8 Å². The highest BCUT2D eigenvalue weighted by molar-refractivity contribution is 7.87. The molecule has 2 aromatic carbocycles. The van der Waals surface area contributed by atoms with Gasteiger partial charge in [0.25, 0.3) is 0 Å². The first-order valence-corrected chi connectivity index (χ1v) is 11.6. The molecule has 1 N–H and O–H groups in total. The number of hydrogen-bond donors (Lipinski definition) is 1. The Labute approximate surface area is 163 Å². The van der Waals surface area contributed by atoms with E-state index < -0.39 is 10.1 Å². The SMILES string of the molecule is O=S(=O)(CC[NH+]1CCC[C@H](c2nc3ccccc3s2)C1)Oc1ccccc1. The van der Waals surface area contributed by atoms with Gasteiger partial charge in [0.2, 0.25) is 0 Å². The summed E-state index contributed by atoms with van der Waals surface area (Å²) in [7, 11) is -3.57. The zero-order chi connectivity index (χ0) is 18.7. The van der Waals surface area contributed by atoms with Crippen LogP contribution in [-0.2, 0) is 10.1 Å². The zero-order valence-corrected chi connectivity index (χ0v) is 16.6. The van der Waals surface area contributed by atoms with Crippen molar-refractivity contribution in [3.8, 4) is 5.75 Å². The van der Waals surface area contributed by atoms with Crippen LogP contribution in [0.2, 0.25) is 0 Å². The highest BCUT2D eigenvalue weighted by atomic mass is 32.2. The second-order valence-electron chi connectivity index (χ2n) is 6.97. The molecule has 1 unspecified atom stereocenters. The molecule has 1 aliphatic heterocycles. The van der Waals surface area contributed by atoms with Gasteiger partial charge in [0.15, 0.2) is 0 Å². The van der Waals surface area contributed by atoms with Crippen molar-refractivity contribution in [3.63, 3.8) is 0 Å². The van der Waals surface area contributed by atoms with Crippen LogP contribution in [0.15, 0.2) is 54.6 Å². The van der Waals surface area contributed by atoms with Crippen molar-refractivity contribution in [1.29, 1.82) is 0 Å². The summed E-state index contributed by atoms with van der Waals surface area (Å²) >= 11 is 1.76. The van der Waals surface area contributed by atoms with Crippen LogP contribution in [0.3, 0.4) is 0 Å². The van der Waals surface area contributed by atoms with Crippen molar-refractivity contribution in [3.05, 3.63) is 59.6 Å². The third-order valence-corrected chi connectivity index (χ3v) is 7.30. The number of quaternary nitrogens is 1. The van der Waals surface area contributed by atoms with Crippen LogP contribution < -0.4 is 9.08 Å². The van der Waals surface area contributed by atoms with Gasteiger partial charge in [-0.25, -0.2) is 4.98 Å². The quantitative estimate of drug-likeness (QED) is 0.643. The van der Waals surface area contributed by atoms with Gasteiger partial charge in [-0.05, 0) is 37.1 Å². The molecule has 0 amide bonds. The molecular formula is C20H23N2O3S2+. The Bertz CT molecular complexity index is 969. The highest BCUT2D eigenvalue weighted by Gasteiger charge is 2.28. The smallest absolute Gasteiger partial charge is 0.314 e. The Morgan fingerprint density at radius 1 is 1.11 bits per heavy atom. The summed E-state index contributed by atoms with van der Waals surface area (Å²) in [5.74, 6) is 0.812. The van der Waals surface area contributed by atoms with Crippen molar-refractivity contribution < 1.29 is 17.5 Å². The fourth-order valence-electron chi connectivity index (χ4n) is 3.59. The Kier molecular flexibility index (Phi) is 5.43. The van der Waals surface area contributed by atoms with Gasteiger partial charge in [-0.15, -0.1) is 11.3 Å². The van der Waals surface area contributed by atoms with E-state index in [0.717, 1.165) is 31.4 Å². The van der Waals surface area contributed by atoms with Crippen molar-refractivity contribution in [2.45, 2.75) is 18.8 Å². The Morgan fingerprint density at radius 3 is 2.70 bits per heavy atom. The van der Waals surface area contributed by atoms with Crippen molar-refractivity contribution >= 4 is 31.7 Å². The highest BCUT2D eigenvalue weighted by Crippen LogP contribution is 2.30. The van der Waals surface area contributed by atoms with E-state index in [1.165, 1.54) is 14.6 Å². The minimum absolute atomic E-state index is 0.0315. The monoisotopic (exact) mass is 403 g/mol. The molecule has 0 radical (unpaired) electrons. The van der Waals surface area contributed by atoms with Crippen molar-refractivity contribution in [2.24, 2.45) is 0 Å². The second kappa shape index (κ2) is 7.96. The molecule has 0 spiro atoms. The third-order valence-electron chi connectivity index (χ3n) is 4.95. The molecule has 0 bridgehead atoms. The number of fused-ring (bicyclic) bond motifs is 1. The van der Waals surface area contributed by atoms with Gasteiger partial charge in [-0.2, -0.15) is 8.42 Å². The lowest BCUT2D eigenvalue weighted by Gasteiger charge is -2.28. The first kappa shape index (κ1) is 18.4. The Hall–Kier alpha value is -1.96. The molecule has 27 heavy (non-hydrogen) atoms. The van der Waals surface area contributed by atoms with E-state index in [1.807, 2.05) is 18.2 Å². The number of likely N-dealkylation sites (tertiary alicyclic amines) is 1. The molecule has 5 nitrogen and oxygen atoms in total. The average molecular weight is 404 g/mol. The first-order valence-electron chi connectivity index (χ1n) is 9.25. The maximum absolute atomic E-state index is 12.3. The predicted octanol–water partition coefficient (Wildman–Crippen LogP) is 2.47. The van der Waals surface area contributed by atoms with Gasteiger partial charge < -0.3 is 9.08 Å². The summed E-state index contributed by atoms with van der Waals surface area (Å²) < 4.78 is 30.9. The molecule has 0 aliphatic carbocycles. The van der Waals surface area contributed by atoms with E-state index in [0.29, 0.717) is 18.2 Å². The van der Waals surface area contributed by atoms with E-state index in [1.54, 1.807) is 35.6 Å². The maximum Gasteiger partial charge on any atom is 0.314 e. The molecule has 1 fully saturated rings. The van der Waals surface area contributed by atoms with Crippen LogP contribution in [0.4, 0.5) is 0 Å². The summed E-state index contributed by atoms with van der Waals surface area (Å²) in [6.07, 6.45) is 2.21. The number of thiazole rings is 1. The van der Waals surface area contributed by atoms with Gasteiger partial charge >= 0.3 is 10.1 Å². The van der Waals surface area contributed by atoms with Crippen LogP contribution in [0.25, 0.3) is 10.2 Å². The maximum atomic E-state index is 12.3. The lowest BCUT2D eigenvalue weighted by Crippen LogP contribution is -3.14. The topological polar surface area (TPSA) is 60.7 Å². The lowest BCUT2D eigenvalue weighted by molar-refractivity contribution is -0.903. The van der Waals surface area contributed by atoms with E-state index >= 15 is 0 Å². The van der Waals surface area contributed by atoms with E-state index in [9.17, 15) is 8.42 Å². The molecule has 1 saturated heterocycles. The number of nitrogens with zero attached hydrogens (tertiary/aromatic N) is 1. The fourth-order valence-corrected chi connectivity index (χ4v) is 5.72. The standard InChI is InChI=1S/C20H22N2O3S2/c23-27(24,25-17-8-2-1-3-9-17)14-13-22-12-6-7-16(15-22)20-21-18-10-4-5-11-19(18)26-20/h1-5,8-11,16H,6-7,12-15H2/p+1/t16-/m0/s1. The van der Waals surface area contributed by atoms with Crippen LogP contribution >= 0.6 is 11.3 Å². The van der Waals surface area contributed by atoms with Crippen LogP contribution in [0, 0.1) is 0 Å². The summed E-state index contributed by atoms with van der Waals surface area (Å²) in [5.41, 5.74) is 1.06. The minimum Gasteiger partial charge on any atom is -0.382 e. The van der Waals surface area contributed by atoms with Gasteiger partial charge in [0.05, 0.1) is 35.8 Å². The third kappa shape index (κ3) is 4.66. The average Bonchev–Trinajstić information content (AvgIpc) is 3.12. The molecule has 7 heteroatoms. The molecule has 4 rings (SSSR count). The normalized spacial score (nSPS) is 20.6. The number of para-hydroxylation sites is 2. The van der Waals surface area contributed by atoms with Gasteiger partial charge in [-0.1, -0.05) is 30.3 Å². The summed E-state index contributed by atoms with van der Waals surface area (Å²) in [4.78, 5) is 6.11. The lowest BCUT2D eigenvalue weighted by atomic mass is 9.99. The fraction of sp³-hybridized carbons (Fsp3) is 0.350. The second-order valence-corrected chi connectivity index (χ2v) is 9.72. The zero-order valence-electron chi connectivity index (χ0n) is 15.0. The first-order chi connectivity index (χ1) is 13.1. The van der Waals surface area contributed by atoms with Crippen molar-refractivity contribution in [2.75, 3.05) is 25.4 Å². The van der Waals surface area contributed by atoms with Crippen LogP contribution in [0.5, 0.6) is 5.75 Å². The van der Waals surface area contributed by atoms with E-state index in [4.69, 9.17) is 9.17 Å². The summed E-state index contributed by atoms with van der Waals surface area (Å²) in [5, 5.41) is 1.18.